The number of hydrogen-bond acceptors (Lipinski definition) is 4. The molecule has 0 N–H and O–H groups in total. The fourth-order valence-electron chi connectivity index (χ4n) is 2.57. The lowest BCUT2D eigenvalue weighted by Gasteiger charge is -2.22. The van der Waals surface area contributed by atoms with Gasteiger partial charge >= 0.3 is 5.97 Å². The zero-order valence-corrected chi connectivity index (χ0v) is 11.2. The highest BCUT2D eigenvalue weighted by molar-refractivity contribution is 5.85. The van der Waals surface area contributed by atoms with Crippen molar-refractivity contribution < 1.29 is 9.53 Å². The molecule has 0 radical (unpaired) electrons. The van der Waals surface area contributed by atoms with Gasteiger partial charge in [0.2, 0.25) is 5.82 Å². The molecule has 0 aliphatic heterocycles. The van der Waals surface area contributed by atoms with Gasteiger partial charge in [-0.05, 0) is 32.6 Å². The summed E-state index contributed by atoms with van der Waals surface area (Å²) < 4.78 is 6.92. The number of ether oxygens (including phenoxy) is 1. The number of hydrogen-bond donors (Lipinski definition) is 0. The van der Waals surface area contributed by atoms with Crippen molar-refractivity contribution in [3.05, 3.63) is 11.6 Å². The number of carbonyl (C=O) groups excluding carboxylic acids is 1. The predicted octanol–water partition coefficient (Wildman–Crippen LogP) is 2.34. The molecule has 0 atom stereocenters. The van der Waals surface area contributed by atoms with Crippen LogP contribution < -0.4 is 0 Å². The summed E-state index contributed by atoms with van der Waals surface area (Å²) in [7, 11) is 0. The summed E-state index contributed by atoms with van der Waals surface area (Å²) in [4.78, 5) is 11.8. The molecule has 0 saturated heterocycles. The monoisotopic (exact) mass is 251 g/mol. The quantitative estimate of drug-likeness (QED) is 0.771. The summed E-state index contributed by atoms with van der Waals surface area (Å²) >= 11 is 0. The van der Waals surface area contributed by atoms with E-state index in [1.807, 2.05) is 11.5 Å². The molecule has 0 bridgehead atoms. The van der Waals surface area contributed by atoms with E-state index in [-0.39, 0.29) is 5.97 Å². The Bertz CT molecular complexity index is 408. The number of rotatable bonds is 4. The van der Waals surface area contributed by atoms with Crippen LogP contribution in [0.1, 0.15) is 55.5 Å². The van der Waals surface area contributed by atoms with E-state index in [2.05, 4.69) is 10.2 Å². The Labute approximate surface area is 108 Å². The van der Waals surface area contributed by atoms with Gasteiger partial charge in [0.1, 0.15) is 5.82 Å². The minimum absolute atomic E-state index is 0.347. The van der Waals surface area contributed by atoms with Gasteiger partial charge in [0.25, 0.3) is 0 Å². The van der Waals surface area contributed by atoms with Gasteiger partial charge in [-0.3, -0.25) is 0 Å². The molecular formula is C13H21N3O2. The van der Waals surface area contributed by atoms with Crippen molar-refractivity contribution in [2.24, 2.45) is 5.92 Å². The van der Waals surface area contributed by atoms with Crippen LogP contribution in [0, 0.1) is 12.8 Å². The molecule has 2 rings (SSSR count). The molecule has 0 amide bonds. The van der Waals surface area contributed by atoms with Gasteiger partial charge < -0.3 is 9.30 Å². The van der Waals surface area contributed by atoms with Gasteiger partial charge in [0, 0.05) is 6.54 Å². The average Bonchev–Trinajstić information content (AvgIpc) is 2.73. The third-order valence-corrected chi connectivity index (χ3v) is 3.56. The molecule has 0 spiro atoms. The van der Waals surface area contributed by atoms with Crippen LogP contribution in [0.3, 0.4) is 0 Å². The summed E-state index contributed by atoms with van der Waals surface area (Å²) in [5, 5.41) is 7.94. The maximum atomic E-state index is 11.8. The minimum atomic E-state index is -0.367. The molecule has 1 fully saturated rings. The normalized spacial score (nSPS) is 16.8. The summed E-state index contributed by atoms with van der Waals surface area (Å²) in [6, 6.07) is 0. The second-order valence-electron chi connectivity index (χ2n) is 4.91. The largest absolute Gasteiger partial charge is 0.460 e. The van der Waals surface area contributed by atoms with Gasteiger partial charge in [-0.2, -0.15) is 0 Å². The standard InChI is InChI=1S/C13H21N3O2/c1-3-18-13(17)12-15-14-10(2)16(12)9-11-7-5-4-6-8-11/h11H,3-9H2,1-2H3. The Morgan fingerprint density at radius 2 is 2.06 bits per heavy atom. The molecule has 100 valence electrons. The maximum Gasteiger partial charge on any atom is 0.376 e. The molecule has 1 heterocycles. The first-order valence-corrected chi connectivity index (χ1v) is 6.79. The second-order valence-corrected chi connectivity index (χ2v) is 4.91. The Morgan fingerprint density at radius 1 is 1.33 bits per heavy atom. The van der Waals surface area contributed by atoms with Crippen molar-refractivity contribution >= 4 is 5.97 Å². The Hall–Kier alpha value is -1.39. The zero-order chi connectivity index (χ0) is 13.0. The summed E-state index contributed by atoms with van der Waals surface area (Å²) in [6.07, 6.45) is 6.39. The number of esters is 1. The highest BCUT2D eigenvalue weighted by Crippen LogP contribution is 2.25. The van der Waals surface area contributed by atoms with Crippen molar-refractivity contribution in [3.8, 4) is 0 Å². The fourth-order valence-corrected chi connectivity index (χ4v) is 2.57. The van der Waals surface area contributed by atoms with Crippen molar-refractivity contribution in [3.63, 3.8) is 0 Å². The molecule has 0 aromatic carbocycles. The van der Waals surface area contributed by atoms with Gasteiger partial charge in [-0.25, -0.2) is 4.79 Å². The topological polar surface area (TPSA) is 57.0 Å². The van der Waals surface area contributed by atoms with Crippen LogP contribution >= 0.6 is 0 Å². The Kier molecular flexibility index (Phi) is 4.33. The van der Waals surface area contributed by atoms with Gasteiger partial charge in [-0.1, -0.05) is 19.3 Å². The van der Waals surface area contributed by atoms with Crippen molar-refractivity contribution in [1.82, 2.24) is 14.8 Å². The smallest absolute Gasteiger partial charge is 0.376 e. The van der Waals surface area contributed by atoms with Crippen molar-refractivity contribution in [2.45, 2.75) is 52.5 Å². The first kappa shape index (κ1) is 13.1. The number of aromatic nitrogens is 3. The van der Waals surface area contributed by atoms with Crippen LogP contribution in [0.15, 0.2) is 0 Å². The highest BCUT2D eigenvalue weighted by atomic mass is 16.5. The lowest BCUT2D eigenvalue weighted by Crippen LogP contribution is -2.20. The molecule has 1 aromatic rings. The van der Waals surface area contributed by atoms with Gasteiger partial charge in [0.15, 0.2) is 0 Å². The predicted molar refractivity (Wildman–Crippen MR) is 67.3 cm³/mol. The van der Waals surface area contributed by atoms with Crippen LogP contribution in [0.4, 0.5) is 0 Å². The number of aryl methyl sites for hydroxylation is 1. The number of carbonyl (C=O) groups is 1. The number of nitrogens with zero attached hydrogens (tertiary/aromatic N) is 3. The molecule has 1 aliphatic rings. The molecule has 1 saturated carbocycles. The lowest BCUT2D eigenvalue weighted by atomic mass is 9.89. The van der Waals surface area contributed by atoms with Crippen LogP contribution in [-0.4, -0.2) is 27.3 Å². The van der Waals surface area contributed by atoms with E-state index >= 15 is 0 Å². The van der Waals surface area contributed by atoms with E-state index in [1.165, 1.54) is 32.1 Å². The summed E-state index contributed by atoms with van der Waals surface area (Å²) in [5.41, 5.74) is 0. The van der Waals surface area contributed by atoms with Crippen LogP contribution in [0.2, 0.25) is 0 Å². The first-order chi connectivity index (χ1) is 8.72. The van der Waals surface area contributed by atoms with E-state index in [1.54, 1.807) is 6.92 Å². The third kappa shape index (κ3) is 2.89. The van der Waals surface area contributed by atoms with E-state index in [4.69, 9.17) is 4.74 Å². The Morgan fingerprint density at radius 3 is 2.72 bits per heavy atom. The van der Waals surface area contributed by atoms with E-state index in [9.17, 15) is 4.79 Å². The molecule has 1 aromatic heterocycles. The van der Waals surface area contributed by atoms with Gasteiger partial charge in [-0.15, -0.1) is 10.2 Å². The van der Waals surface area contributed by atoms with E-state index in [0.717, 1.165) is 12.4 Å². The molecule has 18 heavy (non-hydrogen) atoms. The van der Waals surface area contributed by atoms with Gasteiger partial charge in [0.05, 0.1) is 6.61 Å². The molecule has 5 nitrogen and oxygen atoms in total. The van der Waals surface area contributed by atoms with E-state index in [0.29, 0.717) is 18.3 Å². The lowest BCUT2D eigenvalue weighted by molar-refractivity contribution is 0.0503. The fraction of sp³-hybridized carbons (Fsp3) is 0.769. The molecule has 5 heteroatoms. The third-order valence-electron chi connectivity index (χ3n) is 3.56. The first-order valence-electron chi connectivity index (χ1n) is 6.79. The van der Waals surface area contributed by atoms with Crippen molar-refractivity contribution in [2.75, 3.05) is 6.61 Å². The maximum absolute atomic E-state index is 11.8. The van der Waals surface area contributed by atoms with E-state index < -0.39 is 0 Å². The average molecular weight is 251 g/mol. The summed E-state index contributed by atoms with van der Waals surface area (Å²) in [6.45, 7) is 4.90. The highest BCUT2D eigenvalue weighted by Gasteiger charge is 2.21. The second kappa shape index (κ2) is 5.98. The zero-order valence-electron chi connectivity index (χ0n) is 11.2. The van der Waals surface area contributed by atoms with Crippen molar-refractivity contribution in [1.29, 1.82) is 0 Å². The SMILES string of the molecule is CCOC(=O)c1nnc(C)n1CC1CCCCC1. The van der Waals surface area contributed by atoms with Crippen LogP contribution in [0.25, 0.3) is 0 Å². The van der Waals surface area contributed by atoms with Crippen LogP contribution in [0.5, 0.6) is 0 Å². The molecular weight excluding hydrogens is 230 g/mol. The minimum Gasteiger partial charge on any atom is -0.460 e. The molecule has 1 aliphatic carbocycles. The molecule has 0 unspecified atom stereocenters. The Balaban J connectivity index is 2.10. The van der Waals surface area contributed by atoms with Crippen LogP contribution in [-0.2, 0) is 11.3 Å². The summed E-state index contributed by atoms with van der Waals surface area (Å²) in [5.74, 6) is 1.42.